The van der Waals surface area contributed by atoms with Crippen LogP contribution in [0.3, 0.4) is 0 Å². The molecule has 0 aromatic heterocycles. The van der Waals surface area contributed by atoms with Gasteiger partial charge in [0.2, 0.25) is 0 Å². The first kappa shape index (κ1) is 31.4. The fourth-order valence-electron chi connectivity index (χ4n) is 5.05. The Labute approximate surface area is 276 Å². The lowest BCUT2D eigenvalue weighted by Gasteiger charge is -2.09. The van der Waals surface area contributed by atoms with Gasteiger partial charge in [-0.15, -0.1) is 0 Å². The molecule has 0 aliphatic rings. The Morgan fingerprint density at radius 3 is 0.812 bits per heavy atom. The third-order valence-corrected chi connectivity index (χ3v) is 7.77. The van der Waals surface area contributed by atoms with E-state index in [-0.39, 0.29) is 28.9 Å². The van der Waals surface area contributed by atoms with Gasteiger partial charge < -0.3 is 14.6 Å². The molecule has 6 rings (SSSR count). The van der Waals surface area contributed by atoms with Gasteiger partial charge in [-0.1, -0.05) is 48.5 Å². The number of benzene rings is 6. The van der Waals surface area contributed by atoms with Gasteiger partial charge in [-0.25, -0.2) is 0 Å². The molecule has 0 radical (unpaired) electrons. The Balaban J connectivity index is 1.05. The van der Waals surface area contributed by atoms with Crippen molar-refractivity contribution in [2.45, 2.75) is 0 Å². The molecule has 1 N–H and O–H groups in total. The topological polar surface area (TPSA) is 107 Å². The second-order valence-corrected chi connectivity index (χ2v) is 10.9. The highest BCUT2D eigenvalue weighted by Crippen LogP contribution is 2.25. The number of carbonyl (C=O) groups excluding carboxylic acids is 4. The van der Waals surface area contributed by atoms with Crippen LogP contribution < -0.4 is 9.47 Å². The molecular weight excluding hydrogens is 604 g/mol. The predicted octanol–water partition coefficient (Wildman–Crippen LogP) is 8.12. The van der Waals surface area contributed by atoms with Crippen LogP contribution in [-0.4, -0.2) is 35.3 Å². The summed E-state index contributed by atoms with van der Waals surface area (Å²) in [6.45, 7) is 0. The van der Waals surface area contributed by atoms with Crippen molar-refractivity contribution in [2.75, 3.05) is 7.11 Å². The first-order valence-electron chi connectivity index (χ1n) is 15.0. The average Bonchev–Trinajstić information content (AvgIpc) is 3.15. The van der Waals surface area contributed by atoms with E-state index in [0.717, 1.165) is 0 Å². The number of methoxy groups -OCH3 is 1. The lowest BCUT2D eigenvalue weighted by atomic mass is 9.98. The Morgan fingerprint density at radius 2 is 0.562 bits per heavy atom. The van der Waals surface area contributed by atoms with E-state index in [9.17, 15) is 24.3 Å². The van der Waals surface area contributed by atoms with Crippen LogP contribution in [0.1, 0.15) is 63.7 Å². The van der Waals surface area contributed by atoms with Crippen LogP contribution in [0.4, 0.5) is 0 Å². The summed E-state index contributed by atoms with van der Waals surface area (Å²) in [6, 6.07) is 39.2. The van der Waals surface area contributed by atoms with Crippen molar-refractivity contribution in [1.29, 1.82) is 0 Å². The number of carbonyl (C=O) groups is 4. The molecule has 0 spiro atoms. The van der Waals surface area contributed by atoms with Gasteiger partial charge in [0.1, 0.15) is 23.0 Å². The van der Waals surface area contributed by atoms with Crippen molar-refractivity contribution in [3.05, 3.63) is 190 Å². The van der Waals surface area contributed by atoms with Gasteiger partial charge in [0.05, 0.1) is 7.11 Å². The van der Waals surface area contributed by atoms with E-state index in [1.807, 2.05) is 0 Å². The van der Waals surface area contributed by atoms with E-state index in [1.165, 1.54) is 12.1 Å². The highest BCUT2D eigenvalue weighted by Gasteiger charge is 2.15. The zero-order valence-corrected chi connectivity index (χ0v) is 25.8. The SMILES string of the molecule is COc1ccc(C(=O)c2ccc(C(=O)c3ccc(Oc4ccc(C(=O)c5ccc(C(=O)c6ccc(O)cc6)cc5)cc4)cc3)cc2)cc1. The van der Waals surface area contributed by atoms with E-state index in [1.54, 1.807) is 141 Å². The fourth-order valence-corrected chi connectivity index (χ4v) is 5.05. The van der Waals surface area contributed by atoms with Crippen LogP contribution in [0.15, 0.2) is 146 Å². The second-order valence-electron chi connectivity index (χ2n) is 10.9. The number of hydrogen-bond donors (Lipinski definition) is 1. The first-order valence-corrected chi connectivity index (χ1v) is 15.0. The standard InChI is InChI=1S/C41H28O7/c1-47-35-20-12-31(13-21-35)39(44)27-6-8-29(9-7-27)41(46)33-16-24-37(25-17-33)48-36-22-14-32(15-23-36)40(45)28-4-2-26(3-5-28)38(43)30-10-18-34(42)19-11-30/h2-25,42H,1H3. The number of rotatable bonds is 11. The van der Waals surface area contributed by atoms with E-state index in [2.05, 4.69) is 0 Å². The summed E-state index contributed by atoms with van der Waals surface area (Å²) in [6.07, 6.45) is 0. The van der Waals surface area contributed by atoms with Gasteiger partial charge in [-0.3, -0.25) is 19.2 Å². The molecule has 6 aromatic carbocycles. The number of phenolic OH excluding ortho intramolecular Hbond substituents is 1. The first-order chi connectivity index (χ1) is 23.3. The Bertz CT molecular complexity index is 2090. The molecule has 7 nitrogen and oxygen atoms in total. The largest absolute Gasteiger partial charge is 0.508 e. The number of aromatic hydroxyl groups is 1. The smallest absolute Gasteiger partial charge is 0.193 e. The molecule has 0 aliphatic heterocycles. The van der Waals surface area contributed by atoms with Gasteiger partial charge in [0.15, 0.2) is 23.1 Å². The lowest BCUT2D eigenvalue weighted by molar-refractivity contribution is 0.102. The summed E-state index contributed by atoms with van der Waals surface area (Å²) >= 11 is 0. The Kier molecular flexibility index (Phi) is 9.03. The molecule has 0 bridgehead atoms. The van der Waals surface area contributed by atoms with Crippen LogP contribution in [0.5, 0.6) is 23.0 Å². The van der Waals surface area contributed by atoms with Crippen molar-refractivity contribution in [2.24, 2.45) is 0 Å². The summed E-state index contributed by atoms with van der Waals surface area (Å²) in [5, 5.41) is 9.44. The molecule has 0 fully saturated rings. The maximum atomic E-state index is 13.1. The third-order valence-electron chi connectivity index (χ3n) is 7.77. The van der Waals surface area contributed by atoms with Crippen LogP contribution in [0.25, 0.3) is 0 Å². The predicted molar refractivity (Wildman–Crippen MR) is 181 cm³/mol. The fraction of sp³-hybridized carbons (Fsp3) is 0.0244. The number of ether oxygens (including phenoxy) is 2. The van der Waals surface area contributed by atoms with Crippen LogP contribution in [-0.2, 0) is 0 Å². The van der Waals surface area contributed by atoms with Gasteiger partial charge in [-0.2, -0.15) is 0 Å². The summed E-state index contributed by atoms with van der Waals surface area (Å²) in [5.74, 6) is 1.02. The maximum absolute atomic E-state index is 13.1. The molecule has 0 amide bonds. The average molecular weight is 633 g/mol. The number of ketones is 4. The van der Waals surface area contributed by atoms with E-state index in [0.29, 0.717) is 61.8 Å². The van der Waals surface area contributed by atoms with E-state index in [4.69, 9.17) is 9.47 Å². The quantitative estimate of drug-likeness (QED) is 0.144. The number of phenols is 1. The summed E-state index contributed by atoms with van der Waals surface area (Å²) < 4.78 is 11.1. The van der Waals surface area contributed by atoms with Gasteiger partial charge >= 0.3 is 0 Å². The van der Waals surface area contributed by atoms with Crippen molar-refractivity contribution in [3.8, 4) is 23.0 Å². The molecule has 0 heterocycles. The van der Waals surface area contributed by atoms with Crippen LogP contribution in [0.2, 0.25) is 0 Å². The summed E-state index contributed by atoms with van der Waals surface area (Å²) in [7, 11) is 1.56. The van der Waals surface area contributed by atoms with E-state index >= 15 is 0 Å². The minimum absolute atomic E-state index is 0.0785. The molecule has 6 aromatic rings. The molecule has 48 heavy (non-hydrogen) atoms. The van der Waals surface area contributed by atoms with Gasteiger partial charge in [0, 0.05) is 44.5 Å². The van der Waals surface area contributed by atoms with Crippen molar-refractivity contribution in [1.82, 2.24) is 0 Å². The number of hydrogen-bond acceptors (Lipinski definition) is 7. The summed E-state index contributed by atoms with van der Waals surface area (Å²) in [5.41, 5.74) is 3.69. The zero-order valence-electron chi connectivity index (χ0n) is 25.8. The highest BCUT2D eigenvalue weighted by atomic mass is 16.5. The molecule has 0 saturated carbocycles. The normalized spacial score (nSPS) is 10.6. The Hall–Kier alpha value is -6.60. The lowest BCUT2D eigenvalue weighted by Crippen LogP contribution is -2.04. The maximum Gasteiger partial charge on any atom is 0.193 e. The highest BCUT2D eigenvalue weighted by molar-refractivity contribution is 6.12. The Morgan fingerprint density at radius 1 is 0.354 bits per heavy atom. The second kappa shape index (κ2) is 13.8. The van der Waals surface area contributed by atoms with Crippen LogP contribution >= 0.6 is 0 Å². The van der Waals surface area contributed by atoms with E-state index < -0.39 is 0 Å². The minimum atomic E-state index is -0.207. The zero-order chi connectivity index (χ0) is 33.6. The molecule has 234 valence electrons. The van der Waals surface area contributed by atoms with Gasteiger partial charge in [-0.05, 0) is 97.1 Å². The molecule has 7 heteroatoms. The van der Waals surface area contributed by atoms with Crippen molar-refractivity contribution >= 4 is 23.1 Å². The summed E-state index contributed by atoms with van der Waals surface area (Å²) in [4.78, 5) is 51.6. The third kappa shape index (κ3) is 6.95. The molecule has 0 atom stereocenters. The van der Waals surface area contributed by atoms with Gasteiger partial charge in [0.25, 0.3) is 0 Å². The van der Waals surface area contributed by atoms with Crippen LogP contribution in [0, 0.1) is 0 Å². The minimum Gasteiger partial charge on any atom is -0.508 e. The molecule has 0 aliphatic carbocycles. The van der Waals surface area contributed by atoms with Crippen molar-refractivity contribution in [3.63, 3.8) is 0 Å². The van der Waals surface area contributed by atoms with Crippen molar-refractivity contribution < 1.29 is 33.8 Å². The molecular formula is C41H28O7. The molecule has 0 saturated heterocycles. The molecule has 0 unspecified atom stereocenters. The monoisotopic (exact) mass is 632 g/mol.